The van der Waals surface area contributed by atoms with E-state index >= 15 is 0 Å². The fourth-order valence-electron chi connectivity index (χ4n) is 3.53. The average molecular weight is 518 g/mol. The molecule has 2 N–H and O–H groups in total. The highest BCUT2D eigenvalue weighted by atomic mass is 35.5. The van der Waals surface area contributed by atoms with Crippen LogP contribution in [0.25, 0.3) is 28.4 Å². The van der Waals surface area contributed by atoms with Crippen LogP contribution in [0.4, 0.5) is 23.2 Å². The first kappa shape index (κ1) is 25.5. The van der Waals surface area contributed by atoms with Gasteiger partial charge in [0.25, 0.3) is 6.43 Å². The lowest BCUT2D eigenvalue weighted by atomic mass is 10.0. The van der Waals surface area contributed by atoms with Crippen molar-refractivity contribution in [2.45, 2.75) is 31.9 Å². The van der Waals surface area contributed by atoms with E-state index in [1.807, 2.05) is 0 Å². The molecule has 1 aromatic carbocycles. The van der Waals surface area contributed by atoms with Crippen LogP contribution in [-0.4, -0.2) is 31.5 Å². The largest absolute Gasteiger partial charge is 0.382 e. The number of rotatable bonds is 7. The van der Waals surface area contributed by atoms with Gasteiger partial charge in [-0.25, -0.2) is 32.5 Å². The highest BCUT2D eigenvalue weighted by molar-refractivity contribution is 6.34. The number of pyridine rings is 2. The number of hydrogen-bond acceptors (Lipinski definition) is 6. The van der Waals surface area contributed by atoms with Crippen molar-refractivity contribution in [1.82, 2.24) is 19.9 Å². The monoisotopic (exact) mass is 517 g/mol. The number of anilines is 1. The Morgan fingerprint density at radius 3 is 2.36 bits per heavy atom. The van der Waals surface area contributed by atoms with E-state index in [9.17, 15) is 22.7 Å². The highest BCUT2D eigenvalue weighted by Crippen LogP contribution is 2.36. The maximum Gasteiger partial charge on any atom is 0.262 e. The molecule has 1 atom stereocenters. The lowest BCUT2D eigenvalue weighted by molar-refractivity contribution is 0.0687. The number of alkyl halides is 2. The van der Waals surface area contributed by atoms with Crippen LogP contribution in [0.3, 0.4) is 0 Å². The Morgan fingerprint density at radius 1 is 1.06 bits per heavy atom. The van der Waals surface area contributed by atoms with Gasteiger partial charge in [0, 0.05) is 35.8 Å². The standard InChI is InChI=1S/C25H20ClF4N5O/c1-4-12-5-6-16(27)14(7-12)20(23(29)30)35-21-15(26)11-31-18-8-17(28)19(34-22(18)21)13-9-32-24(33-10-13)25(2,3)36/h4-11,20,23,36H,1H2,2-3H3,(H,31,35)/t20-/m1/s1. The molecule has 4 aromatic rings. The predicted octanol–water partition coefficient (Wildman–Crippen LogP) is 6.31. The molecule has 0 unspecified atom stereocenters. The molecule has 0 aliphatic rings. The summed E-state index contributed by atoms with van der Waals surface area (Å²) in [6.07, 6.45) is 2.08. The minimum absolute atomic E-state index is 0.0172. The number of nitrogens with one attached hydrogen (secondary N) is 1. The summed E-state index contributed by atoms with van der Waals surface area (Å²) < 4.78 is 57.7. The molecule has 0 aliphatic heterocycles. The van der Waals surface area contributed by atoms with Crippen LogP contribution in [0.1, 0.15) is 36.8 Å². The van der Waals surface area contributed by atoms with Gasteiger partial charge in [0.2, 0.25) is 0 Å². The first-order valence-electron chi connectivity index (χ1n) is 10.7. The van der Waals surface area contributed by atoms with E-state index in [4.69, 9.17) is 11.6 Å². The molecule has 0 saturated carbocycles. The summed E-state index contributed by atoms with van der Waals surface area (Å²) in [6, 6.07) is 2.99. The second-order valence-electron chi connectivity index (χ2n) is 8.46. The third-order valence-electron chi connectivity index (χ3n) is 5.36. The lowest BCUT2D eigenvalue weighted by Crippen LogP contribution is -2.21. The molecular formula is C25H20ClF4N5O. The Bertz CT molecular complexity index is 1440. The molecule has 0 bridgehead atoms. The first-order chi connectivity index (χ1) is 17.0. The first-order valence-corrected chi connectivity index (χ1v) is 11.0. The van der Waals surface area contributed by atoms with Crippen LogP contribution in [0.2, 0.25) is 5.02 Å². The van der Waals surface area contributed by atoms with Crippen molar-refractivity contribution >= 4 is 34.4 Å². The van der Waals surface area contributed by atoms with Gasteiger partial charge in [0.1, 0.15) is 28.7 Å². The molecule has 3 heterocycles. The minimum atomic E-state index is -3.04. The number of aliphatic hydroxyl groups is 1. The Labute approximate surface area is 208 Å². The third kappa shape index (κ3) is 5.00. The molecule has 4 rings (SSSR count). The molecule has 6 nitrogen and oxygen atoms in total. The van der Waals surface area contributed by atoms with Gasteiger partial charge in [-0.3, -0.25) is 4.98 Å². The van der Waals surface area contributed by atoms with Gasteiger partial charge in [0.05, 0.1) is 16.2 Å². The zero-order chi connectivity index (χ0) is 26.2. The molecule has 0 fully saturated rings. The second kappa shape index (κ2) is 9.79. The topological polar surface area (TPSA) is 83.8 Å². The van der Waals surface area contributed by atoms with Gasteiger partial charge in [-0.05, 0) is 31.5 Å². The van der Waals surface area contributed by atoms with Gasteiger partial charge in [-0.1, -0.05) is 30.3 Å². The summed E-state index contributed by atoms with van der Waals surface area (Å²) in [5.41, 5.74) is -1.26. The summed E-state index contributed by atoms with van der Waals surface area (Å²) in [5, 5.41) is 12.6. The molecule has 0 radical (unpaired) electrons. The summed E-state index contributed by atoms with van der Waals surface area (Å²) in [5.74, 6) is -1.50. The maximum atomic E-state index is 14.9. The van der Waals surface area contributed by atoms with E-state index < -0.39 is 29.7 Å². The number of fused-ring (bicyclic) bond motifs is 1. The molecule has 0 saturated heterocycles. The van der Waals surface area contributed by atoms with E-state index in [1.54, 1.807) is 0 Å². The molecule has 0 spiro atoms. The van der Waals surface area contributed by atoms with Crippen LogP contribution in [0.5, 0.6) is 0 Å². The smallest absolute Gasteiger partial charge is 0.262 e. The summed E-state index contributed by atoms with van der Waals surface area (Å²) in [7, 11) is 0. The molecular weight excluding hydrogens is 498 g/mol. The van der Waals surface area contributed by atoms with Crippen molar-refractivity contribution < 1.29 is 22.7 Å². The van der Waals surface area contributed by atoms with Crippen molar-refractivity contribution in [3.63, 3.8) is 0 Å². The van der Waals surface area contributed by atoms with E-state index in [1.165, 1.54) is 44.4 Å². The van der Waals surface area contributed by atoms with Gasteiger partial charge in [-0.2, -0.15) is 0 Å². The van der Waals surface area contributed by atoms with Crippen LogP contribution in [0, 0.1) is 11.6 Å². The van der Waals surface area contributed by atoms with Gasteiger partial charge >= 0.3 is 0 Å². The Kier molecular flexibility index (Phi) is 6.92. The Hall–Kier alpha value is -3.63. The molecule has 11 heteroatoms. The van der Waals surface area contributed by atoms with Gasteiger partial charge < -0.3 is 10.4 Å². The zero-order valence-electron chi connectivity index (χ0n) is 19.1. The van der Waals surface area contributed by atoms with Crippen molar-refractivity contribution in [1.29, 1.82) is 0 Å². The number of nitrogens with zero attached hydrogens (tertiary/aromatic N) is 4. The van der Waals surface area contributed by atoms with Crippen molar-refractivity contribution in [3.8, 4) is 11.3 Å². The van der Waals surface area contributed by atoms with Gasteiger partial charge in [0.15, 0.2) is 11.6 Å². The maximum absolute atomic E-state index is 14.9. The SMILES string of the molecule is C=Cc1ccc(F)c([C@@H](Nc2c(Cl)cnc3cc(F)c(-c4cnc(C(C)(C)O)nc4)nc23)C(F)F)c1. The summed E-state index contributed by atoms with van der Waals surface area (Å²) in [4.78, 5) is 16.4. The van der Waals surface area contributed by atoms with Crippen LogP contribution in [0.15, 0.2) is 49.4 Å². The van der Waals surface area contributed by atoms with Crippen LogP contribution < -0.4 is 5.32 Å². The minimum Gasteiger partial charge on any atom is -0.382 e. The molecule has 0 amide bonds. The second-order valence-corrected chi connectivity index (χ2v) is 8.87. The molecule has 36 heavy (non-hydrogen) atoms. The fourth-order valence-corrected chi connectivity index (χ4v) is 3.72. The van der Waals surface area contributed by atoms with Crippen molar-refractivity contribution in [3.05, 3.63) is 83.0 Å². The fraction of sp³-hybridized carbons (Fsp3) is 0.200. The molecule has 0 aliphatic carbocycles. The molecule has 186 valence electrons. The lowest BCUT2D eigenvalue weighted by Gasteiger charge is -2.22. The summed E-state index contributed by atoms with van der Waals surface area (Å²) >= 11 is 6.28. The van der Waals surface area contributed by atoms with Gasteiger partial charge in [-0.15, -0.1) is 0 Å². The van der Waals surface area contributed by atoms with E-state index in [0.29, 0.717) is 5.56 Å². The normalized spacial score (nSPS) is 12.7. The van der Waals surface area contributed by atoms with Crippen LogP contribution >= 0.6 is 11.6 Å². The average Bonchev–Trinajstić information content (AvgIpc) is 2.83. The Morgan fingerprint density at radius 2 is 1.75 bits per heavy atom. The number of hydrogen-bond donors (Lipinski definition) is 2. The van der Waals surface area contributed by atoms with Crippen molar-refractivity contribution in [2.24, 2.45) is 0 Å². The number of halogens is 5. The summed E-state index contributed by atoms with van der Waals surface area (Å²) in [6.45, 7) is 6.57. The molecule has 3 aromatic heterocycles. The third-order valence-corrected chi connectivity index (χ3v) is 5.65. The zero-order valence-corrected chi connectivity index (χ0v) is 19.9. The quantitative estimate of drug-likeness (QED) is 0.280. The van der Waals surface area contributed by atoms with Crippen LogP contribution in [-0.2, 0) is 5.60 Å². The van der Waals surface area contributed by atoms with E-state index in [-0.39, 0.29) is 44.4 Å². The van der Waals surface area contributed by atoms with Crippen molar-refractivity contribution in [2.75, 3.05) is 5.32 Å². The highest BCUT2D eigenvalue weighted by Gasteiger charge is 2.28. The predicted molar refractivity (Wildman–Crippen MR) is 130 cm³/mol. The van der Waals surface area contributed by atoms with E-state index in [0.717, 1.165) is 18.3 Å². The van der Waals surface area contributed by atoms with E-state index in [2.05, 4.69) is 31.8 Å². The number of benzene rings is 1. The Balaban J connectivity index is 1.84. The number of aromatic nitrogens is 4.